The van der Waals surface area contributed by atoms with Crippen LogP contribution in [0.1, 0.15) is 12.8 Å². The summed E-state index contributed by atoms with van der Waals surface area (Å²) in [6.07, 6.45) is 4.76. The summed E-state index contributed by atoms with van der Waals surface area (Å²) >= 11 is 0. The number of benzene rings is 2. The van der Waals surface area contributed by atoms with Crippen LogP contribution in [-0.2, 0) is 14.6 Å². The Morgan fingerprint density at radius 2 is 1.63 bits per heavy atom. The highest BCUT2D eigenvalue weighted by Gasteiger charge is 2.26. The maximum absolute atomic E-state index is 12.1. The number of hydrogen-bond donors (Lipinski definition) is 2. The average molecular weight is 540 g/mol. The summed E-state index contributed by atoms with van der Waals surface area (Å²) in [6.45, 7) is 5.73. The van der Waals surface area contributed by atoms with Gasteiger partial charge in [-0.2, -0.15) is 4.98 Å². The molecule has 0 spiro atoms. The molecule has 2 aliphatic heterocycles. The van der Waals surface area contributed by atoms with Gasteiger partial charge in [0.2, 0.25) is 11.9 Å². The third-order valence-electron chi connectivity index (χ3n) is 6.92. The second kappa shape index (κ2) is 11.5. The minimum Gasteiger partial charge on any atom is -0.494 e. The maximum Gasteiger partial charge on any atom is 0.232 e. The molecule has 0 atom stereocenters. The standard InChI is InChI=1S/C26H33N7O4S/c1-36-23-17-20(33-13-11-32(12-14-33)19-9-15-37-16-10-19)7-8-21(23)29-25-27-18-28-26(31-25)30-22-5-3-4-6-24(22)38(2,34)35/h3-8,17-19H,9-16H2,1-2H3,(H2,27,28,29,30,31). The largest absolute Gasteiger partial charge is 0.494 e. The summed E-state index contributed by atoms with van der Waals surface area (Å²) < 4.78 is 35.4. The zero-order valence-corrected chi connectivity index (χ0v) is 22.4. The molecule has 1 aromatic heterocycles. The molecule has 2 aliphatic rings. The van der Waals surface area contributed by atoms with Gasteiger partial charge >= 0.3 is 0 Å². The fraction of sp³-hybridized carbons (Fsp3) is 0.423. The van der Waals surface area contributed by atoms with Gasteiger partial charge in [0.1, 0.15) is 12.1 Å². The van der Waals surface area contributed by atoms with Crippen LogP contribution < -0.4 is 20.3 Å². The second-order valence-electron chi connectivity index (χ2n) is 9.40. The fourth-order valence-corrected chi connectivity index (χ4v) is 5.77. The van der Waals surface area contributed by atoms with Crippen LogP contribution in [0.5, 0.6) is 5.75 Å². The van der Waals surface area contributed by atoms with Crippen LogP contribution in [0.4, 0.5) is 29.0 Å². The van der Waals surface area contributed by atoms with Crippen LogP contribution in [0.3, 0.4) is 0 Å². The smallest absolute Gasteiger partial charge is 0.232 e. The van der Waals surface area contributed by atoms with Crippen LogP contribution >= 0.6 is 0 Å². The summed E-state index contributed by atoms with van der Waals surface area (Å²) in [4.78, 5) is 17.9. The summed E-state index contributed by atoms with van der Waals surface area (Å²) in [6, 6.07) is 13.3. The molecule has 0 bridgehead atoms. The van der Waals surface area contributed by atoms with E-state index >= 15 is 0 Å². The number of para-hydroxylation sites is 1. The number of aromatic nitrogens is 3. The van der Waals surface area contributed by atoms with Crippen molar-refractivity contribution in [3.8, 4) is 5.75 Å². The molecule has 2 N–H and O–H groups in total. The molecule has 38 heavy (non-hydrogen) atoms. The van der Waals surface area contributed by atoms with Crippen LogP contribution in [0.15, 0.2) is 53.7 Å². The Hall–Kier alpha value is -3.48. The number of sulfone groups is 1. The monoisotopic (exact) mass is 539 g/mol. The van der Waals surface area contributed by atoms with Crippen LogP contribution in [0.25, 0.3) is 0 Å². The Bertz CT molecular complexity index is 1360. The van der Waals surface area contributed by atoms with Gasteiger partial charge in [0.25, 0.3) is 0 Å². The van der Waals surface area contributed by atoms with Crippen molar-refractivity contribution in [3.05, 3.63) is 48.8 Å². The maximum atomic E-state index is 12.1. The molecule has 0 aliphatic carbocycles. The highest BCUT2D eigenvalue weighted by atomic mass is 32.2. The van der Waals surface area contributed by atoms with E-state index in [9.17, 15) is 8.42 Å². The van der Waals surface area contributed by atoms with Crippen molar-refractivity contribution in [1.29, 1.82) is 0 Å². The summed E-state index contributed by atoms with van der Waals surface area (Å²) in [7, 11) is -1.79. The zero-order valence-electron chi connectivity index (χ0n) is 21.6. The van der Waals surface area contributed by atoms with Crippen molar-refractivity contribution >= 4 is 38.8 Å². The Morgan fingerprint density at radius 3 is 2.32 bits per heavy atom. The Labute approximate surface area is 223 Å². The minimum atomic E-state index is -3.42. The predicted octanol–water partition coefficient (Wildman–Crippen LogP) is 3.07. The Kier molecular flexibility index (Phi) is 7.91. The molecule has 2 fully saturated rings. The Balaban J connectivity index is 1.26. The highest BCUT2D eigenvalue weighted by Crippen LogP contribution is 2.32. The van der Waals surface area contributed by atoms with Crippen molar-refractivity contribution in [2.75, 3.05) is 68.3 Å². The van der Waals surface area contributed by atoms with Gasteiger partial charge in [0.05, 0.1) is 23.4 Å². The van der Waals surface area contributed by atoms with E-state index in [-0.39, 0.29) is 10.8 Å². The number of nitrogens with zero attached hydrogens (tertiary/aromatic N) is 5. The molecule has 0 radical (unpaired) electrons. The molecular formula is C26H33N7O4S. The number of ether oxygens (including phenoxy) is 2. The van der Waals surface area contributed by atoms with Crippen molar-refractivity contribution in [1.82, 2.24) is 19.9 Å². The van der Waals surface area contributed by atoms with E-state index in [2.05, 4.69) is 41.5 Å². The minimum absolute atomic E-state index is 0.167. The first-order valence-corrected chi connectivity index (χ1v) is 14.6. The van der Waals surface area contributed by atoms with Gasteiger partial charge in [0.15, 0.2) is 9.84 Å². The third-order valence-corrected chi connectivity index (χ3v) is 8.08. The quantitative estimate of drug-likeness (QED) is 0.439. The van der Waals surface area contributed by atoms with Crippen LogP contribution in [0, 0.1) is 0 Å². The van der Waals surface area contributed by atoms with Crippen molar-refractivity contribution in [3.63, 3.8) is 0 Å². The van der Waals surface area contributed by atoms with E-state index < -0.39 is 9.84 Å². The summed E-state index contributed by atoms with van der Waals surface area (Å²) in [5.41, 5.74) is 2.21. The van der Waals surface area contributed by atoms with E-state index in [1.54, 1.807) is 25.3 Å². The first-order chi connectivity index (χ1) is 18.4. The number of hydrogen-bond acceptors (Lipinski definition) is 11. The lowest BCUT2D eigenvalue weighted by Gasteiger charge is -2.41. The molecule has 12 heteroatoms. The van der Waals surface area contributed by atoms with Crippen LogP contribution in [-0.4, -0.2) is 87.1 Å². The molecule has 202 valence electrons. The lowest BCUT2D eigenvalue weighted by Crippen LogP contribution is -2.51. The Morgan fingerprint density at radius 1 is 0.947 bits per heavy atom. The van der Waals surface area contributed by atoms with E-state index in [1.807, 2.05) is 12.1 Å². The van der Waals surface area contributed by atoms with E-state index in [4.69, 9.17) is 9.47 Å². The molecule has 0 unspecified atom stereocenters. The van der Waals surface area contributed by atoms with Gasteiger partial charge < -0.3 is 25.0 Å². The average Bonchev–Trinajstić information content (AvgIpc) is 2.94. The number of anilines is 5. The normalized spacial score (nSPS) is 17.3. The SMILES string of the molecule is COc1cc(N2CCN(C3CCOCC3)CC2)ccc1Nc1ncnc(Nc2ccccc2S(C)(=O)=O)n1. The van der Waals surface area contributed by atoms with E-state index in [1.165, 1.54) is 12.4 Å². The van der Waals surface area contributed by atoms with Gasteiger partial charge in [-0.25, -0.2) is 18.4 Å². The van der Waals surface area contributed by atoms with E-state index in [0.29, 0.717) is 29.1 Å². The molecule has 0 amide bonds. The topological polar surface area (TPSA) is 122 Å². The second-order valence-corrected chi connectivity index (χ2v) is 11.4. The van der Waals surface area contributed by atoms with Crippen molar-refractivity contribution < 1.29 is 17.9 Å². The number of piperazine rings is 1. The third kappa shape index (κ3) is 6.14. The number of rotatable bonds is 8. The fourth-order valence-electron chi connectivity index (χ4n) is 4.93. The zero-order chi connectivity index (χ0) is 26.5. The highest BCUT2D eigenvalue weighted by molar-refractivity contribution is 7.90. The molecule has 5 rings (SSSR count). The van der Waals surface area contributed by atoms with Crippen molar-refractivity contribution in [2.45, 2.75) is 23.8 Å². The number of nitrogens with one attached hydrogen (secondary N) is 2. The summed E-state index contributed by atoms with van der Waals surface area (Å²) in [5, 5.41) is 6.17. The first kappa shape index (κ1) is 26.1. The molecule has 2 aromatic carbocycles. The molecular weight excluding hydrogens is 506 g/mol. The molecule has 2 saturated heterocycles. The van der Waals surface area contributed by atoms with Gasteiger partial charge in [0, 0.05) is 63.4 Å². The van der Waals surface area contributed by atoms with Gasteiger partial charge in [-0.1, -0.05) is 12.1 Å². The molecule has 0 saturated carbocycles. The van der Waals surface area contributed by atoms with Gasteiger partial charge in [-0.3, -0.25) is 4.90 Å². The molecule has 3 aromatic rings. The summed E-state index contributed by atoms with van der Waals surface area (Å²) in [5.74, 6) is 1.19. The first-order valence-electron chi connectivity index (χ1n) is 12.7. The van der Waals surface area contributed by atoms with E-state index in [0.717, 1.165) is 64.2 Å². The molecule has 3 heterocycles. The van der Waals surface area contributed by atoms with Crippen LogP contribution in [0.2, 0.25) is 0 Å². The molecule has 11 nitrogen and oxygen atoms in total. The lowest BCUT2D eigenvalue weighted by atomic mass is 10.1. The van der Waals surface area contributed by atoms with Gasteiger partial charge in [-0.05, 0) is 37.1 Å². The van der Waals surface area contributed by atoms with Crippen molar-refractivity contribution in [2.24, 2.45) is 0 Å². The lowest BCUT2D eigenvalue weighted by molar-refractivity contribution is 0.0321. The predicted molar refractivity (Wildman–Crippen MR) is 147 cm³/mol. The number of methoxy groups -OCH3 is 1. The van der Waals surface area contributed by atoms with Gasteiger partial charge in [-0.15, -0.1) is 0 Å².